The van der Waals surface area contributed by atoms with Crippen molar-refractivity contribution in [3.8, 4) is 11.8 Å². The van der Waals surface area contributed by atoms with Gasteiger partial charge in [0.25, 0.3) is 0 Å². The lowest BCUT2D eigenvalue weighted by molar-refractivity contribution is -0.162. The quantitative estimate of drug-likeness (QED) is 0.697. The lowest BCUT2D eigenvalue weighted by atomic mass is 10.0. The van der Waals surface area contributed by atoms with Crippen LogP contribution in [0, 0.1) is 11.8 Å². The molecule has 2 heterocycles. The normalized spacial score (nSPS) is 26.3. The van der Waals surface area contributed by atoms with E-state index in [1.807, 2.05) is 6.08 Å². The van der Waals surface area contributed by atoms with Gasteiger partial charge in [-0.2, -0.15) is 13.2 Å². The van der Waals surface area contributed by atoms with Crippen molar-refractivity contribution >= 4 is 12.1 Å². The highest BCUT2D eigenvalue weighted by Crippen LogP contribution is 2.26. The molecule has 160 valence electrons. The van der Waals surface area contributed by atoms with Crippen molar-refractivity contribution in [2.45, 2.75) is 44.8 Å². The van der Waals surface area contributed by atoms with Gasteiger partial charge in [0.2, 0.25) is 5.91 Å². The van der Waals surface area contributed by atoms with Gasteiger partial charge in [0.1, 0.15) is 12.2 Å². The molecule has 0 aliphatic carbocycles. The Morgan fingerprint density at radius 2 is 2.24 bits per heavy atom. The molecular formula is C20H28F3N5O. The number of piperidine rings is 1. The van der Waals surface area contributed by atoms with Crippen molar-refractivity contribution < 1.29 is 18.0 Å². The number of hydrogen-bond donors (Lipinski definition) is 2. The smallest absolute Gasteiger partial charge is 0.385 e. The summed E-state index contributed by atoms with van der Waals surface area (Å²) in [4.78, 5) is 19.6. The fraction of sp³-hybridized carbons (Fsp3) is 0.600. The van der Waals surface area contributed by atoms with Crippen LogP contribution in [0.4, 0.5) is 13.2 Å². The van der Waals surface area contributed by atoms with Crippen molar-refractivity contribution in [2.24, 2.45) is 10.7 Å². The maximum atomic E-state index is 12.6. The van der Waals surface area contributed by atoms with E-state index in [1.165, 1.54) is 11.9 Å². The molecule has 2 rings (SSSR count). The summed E-state index contributed by atoms with van der Waals surface area (Å²) in [7, 11) is 1.45. The highest BCUT2D eigenvalue weighted by molar-refractivity contribution is 5.77. The molecule has 1 unspecified atom stereocenters. The zero-order valence-electron chi connectivity index (χ0n) is 16.9. The van der Waals surface area contributed by atoms with Gasteiger partial charge in [-0.25, -0.2) is 0 Å². The van der Waals surface area contributed by atoms with Gasteiger partial charge < -0.3 is 20.9 Å². The minimum Gasteiger partial charge on any atom is -0.385 e. The number of hydrogen-bond acceptors (Lipinski definition) is 5. The lowest BCUT2D eigenvalue weighted by Crippen LogP contribution is -2.49. The molecule has 6 nitrogen and oxygen atoms in total. The number of nitrogens with one attached hydrogen (secondary N) is 1. The van der Waals surface area contributed by atoms with Crippen LogP contribution in [0.2, 0.25) is 0 Å². The van der Waals surface area contributed by atoms with Gasteiger partial charge in [-0.3, -0.25) is 9.79 Å². The van der Waals surface area contributed by atoms with Crippen molar-refractivity contribution in [1.82, 2.24) is 15.1 Å². The SMILES string of the molecule is CC#C/C1=C(\N)NCC/N=C\C=C(\N2CCCC(N(C)C(=O)CC(F)(F)F)C2)C1. The van der Waals surface area contributed by atoms with Crippen LogP contribution >= 0.6 is 0 Å². The largest absolute Gasteiger partial charge is 0.397 e. The van der Waals surface area contributed by atoms with Crippen LogP contribution in [0.3, 0.4) is 0 Å². The van der Waals surface area contributed by atoms with Crippen molar-refractivity contribution in [1.29, 1.82) is 0 Å². The summed E-state index contributed by atoms with van der Waals surface area (Å²) < 4.78 is 37.8. The second kappa shape index (κ2) is 10.2. The van der Waals surface area contributed by atoms with Crippen molar-refractivity contribution in [2.75, 3.05) is 33.2 Å². The first-order valence-electron chi connectivity index (χ1n) is 9.63. The predicted octanol–water partition coefficient (Wildman–Crippen LogP) is 2.00. The minimum atomic E-state index is -4.50. The van der Waals surface area contributed by atoms with Crippen molar-refractivity contribution in [3.63, 3.8) is 0 Å². The number of alkyl halides is 3. The highest BCUT2D eigenvalue weighted by atomic mass is 19.4. The molecule has 0 bridgehead atoms. The number of carbonyl (C=O) groups is 1. The molecule has 1 fully saturated rings. The summed E-state index contributed by atoms with van der Waals surface area (Å²) in [5, 5.41) is 3.11. The lowest BCUT2D eigenvalue weighted by Gasteiger charge is -2.40. The van der Waals surface area contributed by atoms with E-state index in [-0.39, 0.29) is 6.04 Å². The van der Waals surface area contributed by atoms with Gasteiger partial charge in [0, 0.05) is 56.6 Å². The summed E-state index contributed by atoms with van der Waals surface area (Å²) in [5.41, 5.74) is 7.82. The molecule has 0 aromatic carbocycles. The van der Waals surface area contributed by atoms with Gasteiger partial charge in [0.15, 0.2) is 0 Å². The number of likely N-dealkylation sites (tertiary alicyclic amines) is 1. The van der Waals surface area contributed by atoms with E-state index in [9.17, 15) is 18.0 Å². The molecule has 3 N–H and O–H groups in total. The maximum Gasteiger partial charge on any atom is 0.397 e. The molecule has 1 amide bonds. The van der Waals surface area contributed by atoms with E-state index < -0.39 is 18.5 Å². The summed E-state index contributed by atoms with van der Waals surface area (Å²) in [6, 6.07) is -0.285. The number of nitrogens with two attached hydrogens (primary N) is 1. The van der Waals surface area contributed by atoms with Gasteiger partial charge in [0.05, 0.1) is 6.54 Å². The number of nitrogens with zero attached hydrogens (tertiary/aromatic N) is 3. The van der Waals surface area contributed by atoms with Gasteiger partial charge >= 0.3 is 6.18 Å². The Hall–Kier alpha value is -2.63. The second-order valence-corrected chi connectivity index (χ2v) is 7.12. The molecule has 2 aliphatic rings. The first-order valence-corrected chi connectivity index (χ1v) is 9.63. The predicted molar refractivity (Wildman–Crippen MR) is 107 cm³/mol. The summed E-state index contributed by atoms with van der Waals surface area (Å²) in [6.45, 7) is 4.12. The summed E-state index contributed by atoms with van der Waals surface area (Å²) >= 11 is 0. The molecule has 0 saturated carbocycles. The van der Waals surface area contributed by atoms with Crippen molar-refractivity contribution in [3.05, 3.63) is 23.2 Å². The number of halogens is 3. The molecule has 0 aromatic heterocycles. The average molecular weight is 411 g/mol. The standard InChI is InChI=1S/C20H28F3N5O/c1-3-5-15-12-16(7-8-25-9-10-26-19(15)24)28-11-4-6-17(14-28)27(2)18(29)13-20(21,22)23/h7-8,17,26H,4,6,9-14,24H2,1-2H3/b16-7+,19-15-,25-8-. The third-order valence-corrected chi connectivity index (χ3v) is 4.98. The molecule has 2 aliphatic heterocycles. The topological polar surface area (TPSA) is 74.0 Å². The summed E-state index contributed by atoms with van der Waals surface area (Å²) in [6.07, 6.45) is -0.380. The highest BCUT2D eigenvalue weighted by Gasteiger charge is 2.35. The Morgan fingerprint density at radius 1 is 1.48 bits per heavy atom. The van der Waals surface area contributed by atoms with E-state index in [0.29, 0.717) is 38.3 Å². The maximum absolute atomic E-state index is 12.6. The van der Waals surface area contributed by atoms with Crippen LogP contribution in [-0.2, 0) is 4.79 Å². The van der Waals surface area contributed by atoms with E-state index in [2.05, 4.69) is 27.0 Å². The van der Waals surface area contributed by atoms with Crippen LogP contribution in [0.1, 0.15) is 32.6 Å². The Morgan fingerprint density at radius 3 is 2.93 bits per heavy atom. The zero-order valence-corrected chi connectivity index (χ0v) is 16.9. The molecule has 29 heavy (non-hydrogen) atoms. The minimum absolute atomic E-state index is 0.285. The number of likely N-dealkylation sites (N-methyl/N-ethyl adjacent to an activating group) is 1. The fourth-order valence-corrected chi connectivity index (χ4v) is 3.42. The van der Waals surface area contributed by atoms with Crippen LogP contribution in [0.5, 0.6) is 0 Å². The molecule has 0 aromatic rings. The Balaban J connectivity index is 2.18. The Labute approximate surface area is 169 Å². The first kappa shape index (κ1) is 22.7. The molecule has 1 saturated heterocycles. The third kappa shape index (κ3) is 7.04. The van der Waals surface area contributed by atoms with Gasteiger partial charge in [-0.15, -0.1) is 5.92 Å². The Kier molecular flexibility index (Phi) is 8.00. The van der Waals surface area contributed by atoms with Crippen LogP contribution in [0.25, 0.3) is 0 Å². The van der Waals surface area contributed by atoms with E-state index in [0.717, 1.165) is 24.2 Å². The molecule has 0 radical (unpaired) electrons. The van der Waals surface area contributed by atoms with Crippen LogP contribution in [-0.4, -0.2) is 67.4 Å². The Bertz CT molecular complexity index is 745. The van der Waals surface area contributed by atoms with E-state index in [4.69, 9.17) is 5.73 Å². The number of aliphatic imine (C=N–C) groups is 1. The number of rotatable bonds is 3. The van der Waals surface area contributed by atoms with Gasteiger partial charge in [-0.1, -0.05) is 5.92 Å². The molecule has 0 spiro atoms. The second-order valence-electron chi connectivity index (χ2n) is 7.12. The number of carbonyl (C=O) groups excluding carboxylic acids is 1. The van der Waals surface area contributed by atoms with Crippen LogP contribution in [0.15, 0.2) is 28.2 Å². The molecule has 9 heteroatoms. The monoisotopic (exact) mass is 411 g/mol. The summed E-state index contributed by atoms with van der Waals surface area (Å²) in [5.74, 6) is 5.51. The van der Waals surface area contributed by atoms with E-state index in [1.54, 1.807) is 13.1 Å². The molecule has 1 atom stereocenters. The third-order valence-electron chi connectivity index (χ3n) is 4.98. The average Bonchev–Trinajstić information content (AvgIpc) is 2.66. The zero-order chi connectivity index (χ0) is 21.4. The fourth-order valence-electron chi connectivity index (χ4n) is 3.42. The van der Waals surface area contributed by atoms with E-state index >= 15 is 0 Å². The number of amides is 1. The van der Waals surface area contributed by atoms with Gasteiger partial charge in [-0.05, 0) is 25.8 Å². The van der Waals surface area contributed by atoms with Crippen LogP contribution < -0.4 is 11.1 Å². The first-order chi connectivity index (χ1) is 13.7. The number of allylic oxidation sites excluding steroid dienone is 2. The molecular weight excluding hydrogens is 383 g/mol.